The van der Waals surface area contributed by atoms with Gasteiger partial charge in [-0.15, -0.1) is 0 Å². The van der Waals surface area contributed by atoms with E-state index in [1.807, 2.05) is 25.1 Å². The fourth-order valence-electron chi connectivity index (χ4n) is 3.28. The van der Waals surface area contributed by atoms with Crippen LogP contribution in [0.25, 0.3) is 11.0 Å². The van der Waals surface area contributed by atoms with Crippen molar-refractivity contribution < 1.29 is 19.0 Å². The van der Waals surface area contributed by atoms with Crippen molar-refractivity contribution in [1.29, 1.82) is 0 Å². The number of carbonyl (C=O) groups is 2. The van der Waals surface area contributed by atoms with Crippen molar-refractivity contribution >= 4 is 51.6 Å². The summed E-state index contributed by atoms with van der Waals surface area (Å²) in [5, 5.41) is 14.7. The number of imidazole rings is 1. The molecule has 0 radical (unpaired) electrons. The molecule has 0 aliphatic carbocycles. The molecular weight excluding hydrogens is 442 g/mol. The molecule has 0 atom stereocenters. The highest BCUT2D eigenvalue weighted by atomic mass is 35.5. The number of aromatic nitrogens is 2. The summed E-state index contributed by atoms with van der Waals surface area (Å²) in [5.41, 5.74) is 1.00. The second-order valence-electron chi connectivity index (χ2n) is 8.72. The van der Waals surface area contributed by atoms with Gasteiger partial charge in [0.05, 0.1) is 61.6 Å². The van der Waals surface area contributed by atoms with Crippen LogP contribution < -0.4 is 5.32 Å². The van der Waals surface area contributed by atoms with Crippen molar-refractivity contribution in [3.8, 4) is 0 Å². The molecular formula is C20H28ClN5O4S. The van der Waals surface area contributed by atoms with E-state index >= 15 is 0 Å². The molecule has 3 rings (SSSR count). The average Bonchev–Trinajstić information content (AvgIpc) is 3.02. The maximum absolute atomic E-state index is 12.7. The monoisotopic (exact) mass is 469 g/mol. The summed E-state index contributed by atoms with van der Waals surface area (Å²) in [6.45, 7) is 9.74. The van der Waals surface area contributed by atoms with Gasteiger partial charge in [0.15, 0.2) is 0 Å². The third-order valence-corrected chi connectivity index (χ3v) is 6.16. The third-order valence-electron chi connectivity index (χ3n) is 4.96. The number of carbonyl (C=O) groups excluding carboxylic acids is 2. The Balaban J connectivity index is 1.87. The Hall–Kier alpha value is -1.85. The minimum atomic E-state index is -0.531. The summed E-state index contributed by atoms with van der Waals surface area (Å²) in [6.07, 6.45) is -0.531. The molecule has 170 valence electrons. The fraction of sp³-hybridized carbons (Fsp3) is 0.550. The number of likely N-dealkylation sites (N-methyl/N-ethyl adjacent to an activating group) is 1. The van der Waals surface area contributed by atoms with Crippen LogP contribution in [-0.4, -0.2) is 69.7 Å². The molecule has 1 aromatic heterocycles. The highest BCUT2D eigenvalue weighted by molar-refractivity contribution is 8.11. The number of benzene rings is 1. The molecule has 9 nitrogen and oxygen atoms in total. The molecule has 0 bridgehead atoms. The number of quaternary nitrogens is 1. The third kappa shape index (κ3) is 5.50. The number of halogens is 1. The Kier molecular flexibility index (Phi) is 6.87. The van der Waals surface area contributed by atoms with Gasteiger partial charge in [-0.1, -0.05) is 32.4 Å². The first-order valence-corrected chi connectivity index (χ1v) is 11.3. The van der Waals surface area contributed by atoms with Gasteiger partial charge in [0.25, 0.3) is 5.24 Å². The molecule has 1 fully saturated rings. The van der Waals surface area contributed by atoms with E-state index in [0.717, 1.165) is 11.9 Å². The number of hydroxylamine groups is 3. The lowest BCUT2D eigenvalue weighted by molar-refractivity contribution is -0.864. The molecule has 1 aliphatic heterocycles. The van der Waals surface area contributed by atoms with E-state index in [0.29, 0.717) is 53.7 Å². The predicted octanol–water partition coefficient (Wildman–Crippen LogP) is 4.43. The van der Waals surface area contributed by atoms with Gasteiger partial charge in [-0.25, -0.2) is 18.7 Å². The van der Waals surface area contributed by atoms with Crippen LogP contribution in [0.15, 0.2) is 12.1 Å². The minimum Gasteiger partial charge on any atom is -0.633 e. The van der Waals surface area contributed by atoms with Crippen LogP contribution in [0.5, 0.6) is 0 Å². The van der Waals surface area contributed by atoms with E-state index in [2.05, 4.69) is 10.3 Å². The number of nitrogens with zero attached hydrogens (tertiary/aromatic N) is 4. The zero-order chi connectivity index (χ0) is 23.0. The Bertz CT molecular complexity index is 992. The number of piperazine rings is 1. The number of rotatable bonds is 3. The first kappa shape index (κ1) is 23.8. The maximum Gasteiger partial charge on any atom is 0.419 e. The molecule has 1 aromatic carbocycles. The molecule has 1 aliphatic rings. The summed E-state index contributed by atoms with van der Waals surface area (Å²) >= 11 is 7.42. The molecule has 0 spiro atoms. The largest absolute Gasteiger partial charge is 0.633 e. The molecule has 1 amide bonds. The first-order chi connectivity index (χ1) is 14.4. The molecule has 1 saturated heterocycles. The Morgan fingerprint density at radius 1 is 1.32 bits per heavy atom. The van der Waals surface area contributed by atoms with Crippen LogP contribution in [0.3, 0.4) is 0 Å². The van der Waals surface area contributed by atoms with Gasteiger partial charge in [0.2, 0.25) is 0 Å². The summed E-state index contributed by atoms with van der Waals surface area (Å²) in [6, 6.07) is 3.26. The number of fused-ring (bicyclic) bond motifs is 1. The van der Waals surface area contributed by atoms with Crippen LogP contribution in [-0.2, 0) is 10.2 Å². The number of ether oxygens (including phenoxy) is 1. The maximum atomic E-state index is 12.7. The number of amides is 1. The Labute approximate surface area is 191 Å². The van der Waals surface area contributed by atoms with Crippen molar-refractivity contribution in [2.24, 2.45) is 0 Å². The summed E-state index contributed by atoms with van der Waals surface area (Å²) in [5.74, 6) is 0.543. The lowest BCUT2D eigenvalue weighted by Crippen LogP contribution is -2.52. The first-order valence-electron chi connectivity index (χ1n) is 10.1. The lowest BCUT2D eigenvalue weighted by Gasteiger charge is -2.44. The van der Waals surface area contributed by atoms with E-state index in [1.54, 1.807) is 26.1 Å². The van der Waals surface area contributed by atoms with Crippen molar-refractivity contribution in [3.05, 3.63) is 28.2 Å². The van der Waals surface area contributed by atoms with Gasteiger partial charge >= 0.3 is 6.09 Å². The number of hydrogen-bond acceptors (Lipinski definition) is 7. The minimum absolute atomic E-state index is 0.229. The Morgan fingerprint density at radius 3 is 2.55 bits per heavy atom. The quantitative estimate of drug-likeness (QED) is 0.403. The van der Waals surface area contributed by atoms with E-state index in [4.69, 9.17) is 16.3 Å². The molecule has 2 aromatic rings. The fourth-order valence-corrected chi connectivity index (χ4v) is 4.22. The summed E-state index contributed by atoms with van der Waals surface area (Å²) in [4.78, 5) is 29.8. The van der Waals surface area contributed by atoms with Crippen LogP contribution in [0.1, 0.15) is 33.5 Å². The van der Waals surface area contributed by atoms with Gasteiger partial charge < -0.3 is 19.9 Å². The molecule has 2 heterocycles. The van der Waals surface area contributed by atoms with Crippen molar-refractivity contribution in [1.82, 2.24) is 13.9 Å². The van der Waals surface area contributed by atoms with Gasteiger partial charge in [-0.2, -0.15) is 0 Å². The van der Waals surface area contributed by atoms with E-state index in [1.165, 1.54) is 4.57 Å². The number of hydrogen-bond donors (Lipinski definition) is 1. The van der Waals surface area contributed by atoms with E-state index in [-0.39, 0.29) is 16.5 Å². The number of nitrogens with one attached hydrogen (secondary N) is 1. The standard InChI is InChI=1S/C20H28ClN5O4S/c1-6-30-19(28)25-16-12-14(13(21)11-15(16)22-17(25)20(2,3)4)23-18(27)31-24-7-9-26(5,29)10-8-24/h11-12H,6-10H2,1-5H3,(H,23,27). The topological polar surface area (TPSA) is 99.5 Å². The lowest BCUT2D eigenvalue weighted by atomic mass is 9.96. The SMILES string of the molecule is CCOC(=O)n1c(C(C)(C)C)nc2cc(Cl)c(NC(=O)SN3CC[N+](C)([O-])CC3)cc21. The van der Waals surface area contributed by atoms with Gasteiger partial charge in [0, 0.05) is 17.4 Å². The van der Waals surface area contributed by atoms with Crippen LogP contribution in [0, 0.1) is 5.21 Å². The zero-order valence-corrected chi connectivity index (χ0v) is 20.0. The smallest absolute Gasteiger partial charge is 0.419 e. The zero-order valence-electron chi connectivity index (χ0n) is 18.4. The van der Waals surface area contributed by atoms with Crippen LogP contribution >= 0.6 is 23.5 Å². The highest BCUT2D eigenvalue weighted by Crippen LogP contribution is 2.33. The molecule has 1 N–H and O–H groups in total. The summed E-state index contributed by atoms with van der Waals surface area (Å²) in [7, 11) is 1.63. The highest BCUT2D eigenvalue weighted by Gasteiger charge is 2.28. The second-order valence-corrected chi connectivity index (χ2v) is 10.2. The molecule has 0 unspecified atom stereocenters. The molecule has 11 heteroatoms. The average molecular weight is 470 g/mol. The Morgan fingerprint density at radius 2 is 1.97 bits per heavy atom. The van der Waals surface area contributed by atoms with Crippen LogP contribution in [0.4, 0.5) is 15.3 Å². The van der Waals surface area contributed by atoms with Crippen molar-refractivity contribution in [2.75, 3.05) is 45.2 Å². The number of anilines is 1. The normalized spacial score (nSPS) is 17.0. The van der Waals surface area contributed by atoms with Crippen LogP contribution in [0.2, 0.25) is 5.02 Å². The molecule has 0 saturated carbocycles. The summed E-state index contributed by atoms with van der Waals surface area (Å²) < 4.78 is 8.22. The second kappa shape index (κ2) is 8.95. The van der Waals surface area contributed by atoms with Crippen molar-refractivity contribution in [2.45, 2.75) is 33.1 Å². The molecule has 31 heavy (non-hydrogen) atoms. The van der Waals surface area contributed by atoms with Gasteiger partial charge in [-0.05, 0) is 19.1 Å². The van der Waals surface area contributed by atoms with E-state index in [9.17, 15) is 14.8 Å². The van der Waals surface area contributed by atoms with Crippen molar-refractivity contribution in [3.63, 3.8) is 0 Å². The predicted molar refractivity (Wildman–Crippen MR) is 123 cm³/mol. The van der Waals surface area contributed by atoms with E-state index < -0.39 is 11.5 Å². The van der Waals surface area contributed by atoms with Gasteiger partial charge in [0.1, 0.15) is 5.82 Å². The van der Waals surface area contributed by atoms with Gasteiger partial charge in [-0.3, -0.25) is 4.79 Å².